The molecule has 0 spiro atoms. The topological polar surface area (TPSA) is 89.4 Å². The van der Waals surface area contributed by atoms with Crippen LogP contribution in [0.2, 0.25) is 0 Å². The highest BCUT2D eigenvalue weighted by atomic mass is 16.5. The molecule has 20 heavy (non-hydrogen) atoms. The van der Waals surface area contributed by atoms with E-state index in [0.29, 0.717) is 18.1 Å². The van der Waals surface area contributed by atoms with Crippen LogP contribution in [0.1, 0.15) is 38.3 Å². The van der Waals surface area contributed by atoms with Crippen molar-refractivity contribution in [3.8, 4) is 0 Å². The highest BCUT2D eigenvalue weighted by molar-refractivity contribution is 5.72. The van der Waals surface area contributed by atoms with Crippen LogP contribution in [0.25, 0.3) is 5.78 Å². The van der Waals surface area contributed by atoms with Gasteiger partial charge in [0.1, 0.15) is 6.33 Å². The second-order valence-corrected chi connectivity index (χ2v) is 4.58. The van der Waals surface area contributed by atoms with E-state index < -0.39 is 0 Å². The first-order valence-electron chi connectivity index (χ1n) is 6.78. The molecular weight excluding hydrogens is 260 g/mol. The predicted molar refractivity (Wildman–Crippen MR) is 72.4 cm³/mol. The van der Waals surface area contributed by atoms with E-state index >= 15 is 0 Å². The Bertz CT molecular complexity index is 632. The van der Waals surface area contributed by atoms with Crippen molar-refractivity contribution in [1.82, 2.24) is 19.6 Å². The van der Waals surface area contributed by atoms with Gasteiger partial charge in [-0.2, -0.15) is 10.1 Å². The number of unbranched alkanes of at least 4 members (excludes halogenated alkanes) is 3. The number of hydrogen-bond donors (Lipinski definition) is 1. The van der Waals surface area contributed by atoms with Gasteiger partial charge < -0.3 is 4.74 Å². The molecule has 2 heterocycles. The number of aromatic amines is 1. The molecule has 0 radical (unpaired) electrons. The Balaban J connectivity index is 1.93. The van der Waals surface area contributed by atoms with E-state index in [2.05, 4.69) is 22.0 Å². The van der Waals surface area contributed by atoms with Crippen molar-refractivity contribution in [3.05, 3.63) is 28.4 Å². The van der Waals surface area contributed by atoms with E-state index in [1.165, 1.54) is 16.9 Å². The molecule has 2 rings (SSSR count). The number of esters is 1. The summed E-state index contributed by atoms with van der Waals surface area (Å²) < 4.78 is 6.58. The minimum absolute atomic E-state index is 0.0115. The van der Waals surface area contributed by atoms with Gasteiger partial charge in [0, 0.05) is 6.07 Å². The summed E-state index contributed by atoms with van der Waals surface area (Å²) >= 11 is 0. The Morgan fingerprint density at radius 2 is 2.25 bits per heavy atom. The number of fused-ring (bicyclic) bond motifs is 1. The number of carbonyl (C=O) groups excluding carboxylic acids is 1. The van der Waals surface area contributed by atoms with E-state index in [-0.39, 0.29) is 17.9 Å². The molecular formula is C13H18N4O3. The number of H-pyrrole nitrogens is 1. The number of aromatic nitrogens is 4. The minimum Gasteiger partial charge on any atom is -0.465 e. The second kappa shape index (κ2) is 6.83. The lowest BCUT2D eigenvalue weighted by atomic mass is 10.2. The van der Waals surface area contributed by atoms with Crippen LogP contribution in [0.5, 0.6) is 0 Å². The average Bonchev–Trinajstić information content (AvgIpc) is 2.86. The minimum atomic E-state index is -0.358. The van der Waals surface area contributed by atoms with E-state index in [9.17, 15) is 9.59 Å². The van der Waals surface area contributed by atoms with Crippen LogP contribution in [0.3, 0.4) is 0 Å². The van der Waals surface area contributed by atoms with E-state index in [4.69, 9.17) is 4.74 Å². The zero-order chi connectivity index (χ0) is 14.4. The molecule has 108 valence electrons. The number of nitrogens with zero attached hydrogens (tertiary/aromatic N) is 3. The van der Waals surface area contributed by atoms with Crippen molar-refractivity contribution in [3.63, 3.8) is 0 Å². The smallest absolute Gasteiger partial charge is 0.311 e. The van der Waals surface area contributed by atoms with Crippen LogP contribution in [0.15, 0.2) is 17.2 Å². The molecule has 0 saturated carbocycles. The van der Waals surface area contributed by atoms with Gasteiger partial charge in [0.2, 0.25) is 5.78 Å². The third kappa shape index (κ3) is 3.66. The van der Waals surface area contributed by atoms with Gasteiger partial charge in [-0.25, -0.2) is 4.52 Å². The Labute approximate surface area is 116 Å². The highest BCUT2D eigenvalue weighted by Gasteiger charge is 2.10. The van der Waals surface area contributed by atoms with Crippen molar-refractivity contribution < 1.29 is 9.53 Å². The van der Waals surface area contributed by atoms with Gasteiger partial charge >= 0.3 is 5.97 Å². The van der Waals surface area contributed by atoms with Gasteiger partial charge in [0.15, 0.2) is 0 Å². The number of hydrogen-bond acceptors (Lipinski definition) is 5. The van der Waals surface area contributed by atoms with Crippen LogP contribution >= 0.6 is 0 Å². The third-order valence-corrected chi connectivity index (χ3v) is 2.94. The standard InChI is InChI=1S/C13H18N4O3/c1-2-3-4-5-6-20-12(19)8-10-7-11(18)16-13-14-9-15-17(10)13/h7,9H,2-6,8H2,1H3,(H,14,15,16,18). The second-order valence-electron chi connectivity index (χ2n) is 4.58. The summed E-state index contributed by atoms with van der Waals surface area (Å²) in [5, 5.41) is 3.96. The lowest BCUT2D eigenvalue weighted by Gasteiger charge is -2.05. The molecule has 0 fully saturated rings. The molecule has 0 bridgehead atoms. The van der Waals surface area contributed by atoms with E-state index in [1.807, 2.05) is 0 Å². The Hall–Kier alpha value is -2.18. The van der Waals surface area contributed by atoms with Gasteiger partial charge in [0.25, 0.3) is 5.56 Å². The summed E-state index contributed by atoms with van der Waals surface area (Å²) in [7, 11) is 0. The van der Waals surface area contributed by atoms with E-state index in [1.54, 1.807) is 0 Å². The Morgan fingerprint density at radius 1 is 1.40 bits per heavy atom. The lowest BCUT2D eigenvalue weighted by molar-refractivity contribution is -0.143. The van der Waals surface area contributed by atoms with Crippen LogP contribution in [-0.4, -0.2) is 32.2 Å². The van der Waals surface area contributed by atoms with Crippen LogP contribution < -0.4 is 5.56 Å². The summed E-state index contributed by atoms with van der Waals surface area (Å²) in [4.78, 5) is 29.6. The van der Waals surface area contributed by atoms with Crippen molar-refractivity contribution in [2.45, 2.75) is 39.0 Å². The summed E-state index contributed by atoms with van der Waals surface area (Å²) in [5.74, 6) is -0.0351. The molecule has 1 N–H and O–H groups in total. The lowest BCUT2D eigenvalue weighted by Crippen LogP contribution is -2.17. The van der Waals surface area contributed by atoms with Gasteiger partial charge in [-0.15, -0.1) is 0 Å². The summed E-state index contributed by atoms with van der Waals surface area (Å²) in [6, 6.07) is 1.33. The van der Waals surface area contributed by atoms with Gasteiger partial charge in [-0.3, -0.25) is 14.6 Å². The van der Waals surface area contributed by atoms with Crippen molar-refractivity contribution in [1.29, 1.82) is 0 Å². The van der Waals surface area contributed by atoms with Gasteiger partial charge in [-0.1, -0.05) is 26.2 Å². The third-order valence-electron chi connectivity index (χ3n) is 2.94. The maximum atomic E-state index is 11.7. The molecule has 0 aliphatic rings. The molecule has 0 aliphatic heterocycles. The molecule has 0 saturated heterocycles. The Morgan fingerprint density at radius 3 is 3.05 bits per heavy atom. The van der Waals surface area contributed by atoms with Gasteiger partial charge in [-0.05, 0) is 6.42 Å². The SMILES string of the molecule is CCCCCCOC(=O)Cc1cc(=O)[nH]c2ncnn12. The Kier molecular flexibility index (Phi) is 4.86. The molecule has 0 amide bonds. The quantitative estimate of drug-likeness (QED) is 0.604. The maximum Gasteiger partial charge on any atom is 0.311 e. The maximum absolute atomic E-state index is 11.7. The number of ether oxygens (including phenoxy) is 1. The normalized spacial score (nSPS) is 10.8. The summed E-state index contributed by atoms with van der Waals surface area (Å²) in [5.41, 5.74) is 0.163. The van der Waals surface area contributed by atoms with Crippen LogP contribution in [-0.2, 0) is 16.0 Å². The monoisotopic (exact) mass is 278 g/mol. The highest BCUT2D eigenvalue weighted by Crippen LogP contribution is 2.02. The molecule has 2 aromatic heterocycles. The molecule has 7 heteroatoms. The summed E-state index contributed by atoms with van der Waals surface area (Å²) in [6.07, 6.45) is 5.55. The first-order valence-corrected chi connectivity index (χ1v) is 6.78. The first kappa shape index (κ1) is 14.2. The average molecular weight is 278 g/mol. The fourth-order valence-electron chi connectivity index (χ4n) is 1.94. The van der Waals surface area contributed by atoms with Crippen molar-refractivity contribution >= 4 is 11.7 Å². The molecule has 0 unspecified atom stereocenters. The van der Waals surface area contributed by atoms with Crippen molar-refractivity contribution in [2.24, 2.45) is 0 Å². The van der Waals surface area contributed by atoms with Crippen LogP contribution in [0.4, 0.5) is 0 Å². The molecule has 7 nitrogen and oxygen atoms in total. The van der Waals surface area contributed by atoms with Crippen LogP contribution in [0, 0.1) is 0 Å². The molecule has 2 aromatic rings. The molecule has 0 aromatic carbocycles. The zero-order valence-electron chi connectivity index (χ0n) is 11.5. The number of carbonyl (C=O) groups is 1. The predicted octanol–water partition coefficient (Wildman–Crippen LogP) is 1.08. The first-order chi connectivity index (χ1) is 9.70. The largest absolute Gasteiger partial charge is 0.465 e. The zero-order valence-corrected chi connectivity index (χ0v) is 11.5. The van der Waals surface area contributed by atoms with Crippen molar-refractivity contribution in [2.75, 3.05) is 6.61 Å². The fraction of sp³-hybridized carbons (Fsp3) is 0.538. The van der Waals surface area contributed by atoms with E-state index in [0.717, 1.165) is 25.7 Å². The molecule has 0 aliphatic carbocycles. The fourth-order valence-corrected chi connectivity index (χ4v) is 1.94. The molecule has 0 atom stereocenters. The summed E-state index contributed by atoms with van der Waals surface area (Å²) in [6.45, 7) is 2.55. The number of nitrogens with one attached hydrogen (secondary N) is 1. The number of rotatable bonds is 7. The van der Waals surface area contributed by atoms with Gasteiger partial charge in [0.05, 0.1) is 18.7 Å².